The number of hydrogen-bond donors (Lipinski definition) is 0. The van der Waals surface area contributed by atoms with E-state index in [1.165, 1.54) is 12.0 Å². The number of ether oxygens (including phenoxy) is 3. The molecule has 0 aliphatic carbocycles. The zero-order chi connectivity index (χ0) is 34.7. The first-order chi connectivity index (χ1) is 24.3. The van der Waals surface area contributed by atoms with Crippen LogP contribution in [0.2, 0.25) is 10.0 Å². The molecule has 3 aliphatic heterocycles. The number of aromatic nitrogens is 3. The maximum atomic E-state index is 11.9. The maximum Gasteiger partial charge on any atom is 0.217 e. The predicted octanol–water partition coefficient (Wildman–Crippen LogP) is 6.27. The molecular weight excluding hydrogens is 697 g/mol. The van der Waals surface area contributed by atoms with Crippen LogP contribution in [0.4, 0.5) is 17.1 Å². The average molecular weight is 737 g/mol. The van der Waals surface area contributed by atoms with Crippen molar-refractivity contribution in [2.24, 2.45) is 4.99 Å². The highest BCUT2D eigenvalue weighted by molar-refractivity contribution is 8.14. The molecule has 4 heterocycles. The number of halogens is 2. The molecule has 3 aromatic carbocycles. The second kappa shape index (κ2) is 15.2. The van der Waals surface area contributed by atoms with Gasteiger partial charge in [0.15, 0.2) is 11.0 Å². The Morgan fingerprint density at radius 3 is 2.36 bits per heavy atom. The fraction of sp³-hybridized carbons (Fsp3) is 0.389. The van der Waals surface area contributed by atoms with Gasteiger partial charge in [-0.1, -0.05) is 41.0 Å². The van der Waals surface area contributed by atoms with E-state index in [4.69, 9.17) is 42.4 Å². The number of piperazine rings is 1. The summed E-state index contributed by atoms with van der Waals surface area (Å²) in [6, 6.07) is 21.7. The number of hydrogen-bond acceptors (Lipinski definition) is 10. The van der Waals surface area contributed by atoms with Crippen molar-refractivity contribution in [1.29, 1.82) is 0 Å². The van der Waals surface area contributed by atoms with E-state index in [9.17, 15) is 4.79 Å². The lowest BCUT2D eigenvalue weighted by molar-refractivity contribution is -0.190. The highest BCUT2D eigenvalue weighted by atomic mass is 35.5. The molecule has 50 heavy (non-hydrogen) atoms. The molecule has 0 amide bonds. The van der Waals surface area contributed by atoms with Crippen molar-refractivity contribution in [3.63, 3.8) is 0 Å². The molecule has 1 aromatic heterocycles. The van der Waals surface area contributed by atoms with Crippen LogP contribution in [-0.4, -0.2) is 94.5 Å². The highest BCUT2D eigenvalue weighted by Gasteiger charge is 2.45. The number of benzene rings is 3. The first-order valence-corrected chi connectivity index (χ1v) is 18.4. The van der Waals surface area contributed by atoms with E-state index in [1.807, 2.05) is 25.1 Å². The molecule has 3 aliphatic rings. The van der Waals surface area contributed by atoms with Crippen molar-refractivity contribution in [2.45, 2.75) is 38.3 Å². The normalized spacial score (nSPS) is 22.4. The molecular formula is C36H39Cl2N7O4S. The monoisotopic (exact) mass is 735 g/mol. The third-order valence-corrected chi connectivity index (χ3v) is 10.8. The molecule has 3 fully saturated rings. The lowest BCUT2D eigenvalue weighted by Crippen LogP contribution is -2.46. The number of nitrogens with zero attached hydrogens (tertiary/aromatic N) is 7. The summed E-state index contributed by atoms with van der Waals surface area (Å²) in [6.45, 7) is 8.99. The molecule has 0 spiro atoms. The number of amidine groups is 1. The van der Waals surface area contributed by atoms with Crippen molar-refractivity contribution in [3.05, 3.63) is 95.0 Å². The van der Waals surface area contributed by atoms with Gasteiger partial charge in [-0.25, -0.2) is 14.7 Å². The number of Topliss-reactive ketones (excluding diaryl/α,β-unsaturated/α-hetero) is 1. The Hall–Kier alpha value is -3.81. The van der Waals surface area contributed by atoms with Crippen LogP contribution in [-0.2, 0) is 26.6 Å². The molecule has 3 atom stereocenters. The van der Waals surface area contributed by atoms with Gasteiger partial charge in [-0.2, -0.15) is 5.10 Å². The standard InChI is InChI=1S/C36H39Cl2N7O4S/c1-25(26(2)46)45-17-18-50-35(45)41-28-4-6-29(7-5-28)42-13-15-43(16-14-42)30-8-10-31(11-9-30)47-20-32-21-48-36(49-32,22-44-24-39-23-40-44)33-12-3-27(37)19-34(33)38/h3-12,19,23-25,32H,13-18,20-22H2,1-2H3/b41-35-. The van der Waals surface area contributed by atoms with Gasteiger partial charge in [0, 0.05) is 60.4 Å². The zero-order valence-electron chi connectivity index (χ0n) is 28.0. The Labute approximate surface area is 306 Å². The zero-order valence-corrected chi connectivity index (χ0v) is 30.3. The maximum absolute atomic E-state index is 11.9. The number of rotatable bonds is 11. The molecule has 3 unspecified atom stereocenters. The summed E-state index contributed by atoms with van der Waals surface area (Å²) in [5.41, 5.74) is 3.92. The average Bonchev–Trinajstić information content (AvgIpc) is 3.90. The summed E-state index contributed by atoms with van der Waals surface area (Å²) in [5.74, 6) is 0.716. The van der Waals surface area contributed by atoms with Crippen LogP contribution >= 0.6 is 35.0 Å². The Morgan fingerprint density at radius 2 is 1.72 bits per heavy atom. The fourth-order valence-corrected chi connectivity index (χ4v) is 7.99. The van der Waals surface area contributed by atoms with E-state index in [0.29, 0.717) is 28.8 Å². The second-order valence-electron chi connectivity index (χ2n) is 12.5. The molecule has 0 saturated carbocycles. The van der Waals surface area contributed by atoms with Gasteiger partial charge in [0.2, 0.25) is 5.79 Å². The van der Waals surface area contributed by atoms with Crippen LogP contribution in [0, 0.1) is 0 Å². The minimum absolute atomic E-state index is 0.148. The van der Waals surface area contributed by atoms with Gasteiger partial charge in [-0.05, 0) is 74.5 Å². The van der Waals surface area contributed by atoms with Crippen LogP contribution in [0.5, 0.6) is 5.75 Å². The van der Waals surface area contributed by atoms with E-state index in [2.05, 4.69) is 61.2 Å². The Balaban J connectivity index is 0.911. The van der Waals surface area contributed by atoms with E-state index < -0.39 is 5.79 Å². The van der Waals surface area contributed by atoms with Crippen LogP contribution in [0.15, 0.2) is 84.4 Å². The van der Waals surface area contributed by atoms with Crippen molar-refractivity contribution in [3.8, 4) is 5.75 Å². The largest absolute Gasteiger partial charge is 0.491 e. The Kier molecular flexibility index (Phi) is 10.5. The van der Waals surface area contributed by atoms with E-state index in [0.717, 1.165) is 60.8 Å². The lowest BCUT2D eigenvalue weighted by atomic mass is 10.1. The molecule has 3 saturated heterocycles. The lowest BCUT2D eigenvalue weighted by Gasteiger charge is -2.37. The summed E-state index contributed by atoms with van der Waals surface area (Å²) in [6.07, 6.45) is 2.75. The van der Waals surface area contributed by atoms with Crippen molar-refractivity contribution in [1.82, 2.24) is 19.7 Å². The van der Waals surface area contributed by atoms with Gasteiger partial charge >= 0.3 is 0 Å². The first kappa shape index (κ1) is 34.6. The number of thioether (sulfide) groups is 1. The Morgan fingerprint density at radius 1 is 1.02 bits per heavy atom. The van der Waals surface area contributed by atoms with E-state index in [1.54, 1.807) is 41.8 Å². The van der Waals surface area contributed by atoms with Gasteiger partial charge in [0.1, 0.15) is 37.7 Å². The van der Waals surface area contributed by atoms with Gasteiger partial charge in [-0.3, -0.25) is 4.79 Å². The number of anilines is 2. The van der Waals surface area contributed by atoms with Gasteiger partial charge in [-0.15, -0.1) is 0 Å². The first-order valence-electron chi connectivity index (χ1n) is 16.7. The summed E-state index contributed by atoms with van der Waals surface area (Å²) in [4.78, 5) is 27.7. The molecule has 0 radical (unpaired) electrons. The van der Waals surface area contributed by atoms with Crippen LogP contribution in [0.25, 0.3) is 0 Å². The quantitative estimate of drug-likeness (QED) is 0.175. The highest BCUT2D eigenvalue weighted by Crippen LogP contribution is 2.40. The molecule has 0 N–H and O–H groups in total. The van der Waals surface area contributed by atoms with Crippen molar-refractivity contribution >= 4 is 63.0 Å². The van der Waals surface area contributed by atoms with E-state index in [-0.39, 0.29) is 24.5 Å². The minimum atomic E-state index is -1.15. The third kappa shape index (κ3) is 7.74. The Bertz CT molecular complexity index is 1800. The molecule has 0 bridgehead atoms. The summed E-state index contributed by atoms with van der Waals surface area (Å²) >= 11 is 14.5. The smallest absolute Gasteiger partial charge is 0.217 e. The van der Waals surface area contributed by atoms with Crippen LogP contribution in [0.3, 0.4) is 0 Å². The van der Waals surface area contributed by atoms with E-state index >= 15 is 0 Å². The fourth-order valence-electron chi connectivity index (χ4n) is 6.39. The molecule has 262 valence electrons. The van der Waals surface area contributed by atoms with Crippen LogP contribution in [0.1, 0.15) is 19.4 Å². The summed E-state index contributed by atoms with van der Waals surface area (Å²) in [5, 5.41) is 6.14. The third-order valence-electron chi connectivity index (χ3n) is 9.26. The molecule has 14 heteroatoms. The van der Waals surface area contributed by atoms with Gasteiger partial charge in [0.05, 0.1) is 23.4 Å². The number of carbonyl (C=O) groups is 1. The molecule has 4 aromatic rings. The SMILES string of the molecule is CC(=O)C(C)N1CCS/C1=N\c1ccc(N2CCN(c3ccc(OCC4COC(Cn5cncn5)(c5ccc(Cl)cc5Cl)O4)cc3)CC2)cc1. The summed E-state index contributed by atoms with van der Waals surface area (Å²) in [7, 11) is 0. The van der Waals surface area contributed by atoms with Crippen LogP contribution < -0.4 is 14.5 Å². The summed E-state index contributed by atoms with van der Waals surface area (Å²) < 4.78 is 20.5. The molecule has 11 nitrogen and oxygen atoms in total. The predicted molar refractivity (Wildman–Crippen MR) is 198 cm³/mol. The molecule has 7 rings (SSSR count). The second-order valence-corrected chi connectivity index (χ2v) is 14.4. The number of carbonyl (C=O) groups excluding carboxylic acids is 1. The topological polar surface area (TPSA) is 97.6 Å². The van der Waals surface area contributed by atoms with Crippen molar-refractivity contribution in [2.75, 3.05) is 61.5 Å². The van der Waals surface area contributed by atoms with Gasteiger partial charge in [0.25, 0.3) is 0 Å². The van der Waals surface area contributed by atoms with Gasteiger partial charge < -0.3 is 28.9 Å². The minimum Gasteiger partial charge on any atom is -0.491 e. The van der Waals surface area contributed by atoms with Crippen molar-refractivity contribution < 1.29 is 19.0 Å². The number of aliphatic imine (C=N–C) groups is 1. The number of ketones is 1.